The molecular formula is C20H25FN8O. The van der Waals surface area contributed by atoms with Crippen LogP contribution >= 0.6 is 0 Å². The zero-order valence-electron chi connectivity index (χ0n) is 17.2. The minimum absolute atomic E-state index is 0.0585. The van der Waals surface area contributed by atoms with E-state index in [4.69, 9.17) is 11.5 Å². The van der Waals surface area contributed by atoms with Crippen LogP contribution in [0.25, 0.3) is 10.9 Å². The van der Waals surface area contributed by atoms with Crippen molar-refractivity contribution < 1.29 is 4.39 Å². The lowest BCUT2D eigenvalue weighted by Gasteiger charge is -2.23. The fraction of sp³-hybridized carbons (Fsp3) is 0.350. The first-order chi connectivity index (χ1) is 14.3. The molecule has 1 atom stereocenters. The number of aliphatic imine (C=N–C) groups is 1. The standard InChI is InChI=1S/C20H25FN8O/c1-24-12-4-5-29(10-12)16-8-15(22)17(20(30)28(16)3)19(23)25-13-6-11-9-27(2)26-18(11)14(21)7-13/h6-9,12,24H,4-5,10,22H2,1-3H3,(H2,23,25). The second-order valence-electron chi connectivity index (χ2n) is 7.58. The number of nitrogens with one attached hydrogen (secondary N) is 1. The Hall–Kier alpha value is -3.40. The summed E-state index contributed by atoms with van der Waals surface area (Å²) in [7, 11) is 5.32. The van der Waals surface area contributed by atoms with Gasteiger partial charge in [-0.05, 0) is 19.5 Å². The molecule has 0 saturated carbocycles. The highest BCUT2D eigenvalue weighted by atomic mass is 19.1. The largest absolute Gasteiger partial charge is 0.398 e. The summed E-state index contributed by atoms with van der Waals surface area (Å²) in [6, 6.07) is 5.00. The number of aromatic nitrogens is 3. The van der Waals surface area contributed by atoms with E-state index in [1.54, 1.807) is 32.4 Å². The van der Waals surface area contributed by atoms with E-state index in [9.17, 15) is 9.18 Å². The predicted octanol–water partition coefficient (Wildman–Crippen LogP) is 0.828. The van der Waals surface area contributed by atoms with Gasteiger partial charge in [-0.3, -0.25) is 14.0 Å². The SMILES string of the molecule is CNC1CCN(c2cc(N)c(C(N)=Nc3cc(F)c4nn(C)cc4c3)c(=O)n2C)C1. The van der Waals surface area contributed by atoms with E-state index in [0.717, 1.165) is 25.3 Å². The minimum Gasteiger partial charge on any atom is -0.398 e. The Morgan fingerprint density at radius 2 is 2.10 bits per heavy atom. The van der Waals surface area contributed by atoms with Crippen molar-refractivity contribution in [1.29, 1.82) is 0 Å². The highest BCUT2D eigenvalue weighted by Gasteiger charge is 2.25. The molecule has 1 aliphatic heterocycles. The molecular weight excluding hydrogens is 387 g/mol. The lowest BCUT2D eigenvalue weighted by Crippen LogP contribution is -2.36. The van der Waals surface area contributed by atoms with E-state index >= 15 is 0 Å². The van der Waals surface area contributed by atoms with Gasteiger partial charge in [-0.15, -0.1) is 0 Å². The maximum Gasteiger partial charge on any atom is 0.264 e. The van der Waals surface area contributed by atoms with Gasteiger partial charge in [-0.1, -0.05) is 0 Å². The summed E-state index contributed by atoms with van der Waals surface area (Å²) < 4.78 is 17.4. The Labute approximate surface area is 172 Å². The number of anilines is 2. The molecule has 1 unspecified atom stereocenters. The lowest BCUT2D eigenvalue weighted by molar-refractivity contribution is 0.615. The van der Waals surface area contributed by atoms with Gasteiger partial charge < -0.3 is 21.7 Å². The number of likely N-dealkylation sites (N-methyl/N-ethyl adjacent to an activating group) is 1. The van der Waals surface area contributed by atoms with Crippen LogP contribution in [0, 0.1) is 5.82 Å². The van der Waals surface area contributed by atoms with Crippen LogP contribution < -0.4 is 27.2 Å². The molecule has 30 heavy (non-hydrogen) atoms. The van der Waals surface area contributed by atoms with Gasteiger partial charge in [0, 0.05) is 56.9 Å². The van der Waals surface area contributed by atoms with Gasteiger partial charge in [-0.25, -0.2) is 9.38 Å². The van der Waals surface area contributed by atoms with Crippen molar-refractivity contribution in [3.63, 3.8) is 0 Å². The van der Waals surface area contributed by atoms with Gasteiger partial charge in [0.05, 0.1) is 11.4 Å². The molecule has 3 heterocycles. The summed E-state index contributed by atoms with van der Waals surface area (Å²) in [6.07, 6.45) is 2.67. The third kappa shape index (κ3) is 3.39. The molecule has 1 saturated heterocycles. The zero-order valence-corrected chi connectivity index (χ0v) is 17.2. The number of halogens is 1. The van der Waals surface area contributed by atoms with Crippen LogP contribution in [-0.4, -0.2) is 46.4 Å². The average molecular weight is 412 g/mol. The van der Waals surface area contributed by atoms with Crippen molar-refractivity contribution in [3.05, 3.63) is 46.1 Å². The van der Waals surface area contributed by atoms with Crippen LogP contribution in [0.4, 0.5) is 21.6 Å². The molecule has 1 fully saturated rings. The normalized spacial score (nSPS) is 17.3. The number of hydrogen-bond acceptors (Lipinski definition) is 6. The number of nitrogens with zero attached hydrogens (tertiary/aromatic N) is 5. The number of fused-ring (bicyclic) bond motifs is 1. The maximum absolute atomic E-state index is 14.3. The predicted molar refractivity (Wildman–Crippen MR) is 117 cm³/mol. The lowest BCUT2D eigenvalue weighted by atomic mass is 10.2. The first-order valence-electron chi connectivity index (χ1n) is 9.67. The number of pyridine rings is 1. The molecule has 0 radical (unpaired) electrons. The van der Waals surface area contributed by atoms with Gasteiger partial charge in [0.25, 0.3) is 5.56 Å². The first-order valence-corrected chi connectivity index (χ1v) is 9.67. The summed E-state index contributed by atoms with van der Waals surface area (Å²) in [4.78, 5) is 19.4. The van der Waals surface area contributed by atoms with Crippen LogP contribution in [0.1, 0.15) is 12.0 Å². The molecule has 0 spiro atoms. The van der Waals surface area contributed by atoms with E-state index in [0.29, 0.717) is 11.4 Å². The first kappa shape index (κ1) is 19.9. The van der Waals surface area contributed by atoms with Crippen molar-refractivity contribution in [2.24, 2.45) is 24.8 Å². The van der Waals surface area contributed by atoms with E-state index in [1.807, 2.05) is 7.05 Å². The molecule has 5 N–H and O–H groups in total. The monoisotopic (exact) mass is 412 g/mol. The molecule has 0 aliphatic carbocycles. The molecule has 4 rings (SSSR count). The van der Waals surface area contributed by atoms with Crippen molar-refractivity contribution in [2.45, 2.75) is 12.5 Å². The third-order valence-corrected chi connectivity index (χ3v) is 5.52. The molecule has 158 valence electrons. The molecule has 9 nitrogen and oxygen atoms in total. The van der Waals surface area contributed by atoms with E-state index in [1.165, 1.54) is 15.3 Å². The van der Waals surface area contributed by atoms with Crippen LogP contribution in [0.15, 0.2) is 34.2 Å². The van der Waals surface area contributed by atoms with Gasteiger partial charge >= 0.3 is 0 Å². The topological polar surface area (TPSA) is 119 Å². The third-order valence-electron chi connectivity index (χ3n) is 5.52. The average Bonchev–Trinajstić information content (AvgIpc) is 3.31. The Kier molecular flexibility index (Phi) is 4.94. The van der Waals surface area contributed by atoms with Crippen molar-refractivity contribution >= 4 is 33.9 Å². The Bertz CT molecular complexity index is 1210. The zero-order chi connectivity index (χ0) is 21.6. The fourth-order valence-electron chi connectivity index (χ4n) is 3.92. The highest BCUT2D eigenvalue weighted by molar-refractivity contribution is 6.03. The number of rotatable bonds is 4. The molecule has 0 amide bonds. The molecule has 1 aromatic carbocycles. The van der Waals surface area contributed by atoms with Crippen LogP contribution in [-0.2, 0) is 14.1 Å². The van der Waals surface area contributed by atoms with Crippen molar-refractivity contribution in [2.75, 3.05) is 30.8 Å². The summed E-state index contributed by atoms with van der Waals surface area (Å²) in [5, 5.41) is 7.91. The molecule has 2 aromatic heterocycles. The van der Waals surface area contributed by atoms with Crippen LogP contribution in [0.2, 0.25) is 0 Å². The molecule has 0 bridgehead atoms. The highest BCUT2D eigenvalue weighted by Crippen LogP contribution is 2.25. The molecule has 1 aliphatic rings. The second kappa shape index (κ2) is 7.45. The van der Waals surface area contributed by atoms with Gasteiger partial charge in [0.2, 0.25) is 0 Å². The Morgan fingerprint density at radius 3 is 2.80 bits per heavy atom. The van der Waals surface area contributed by atoms with Gasteiger partial charge in [0.15, 0.2) is 5.82 Å². The van der Waals surface area contributed by atoms with Crippen LogP contribution in [0.5, 0.6) is 0 Å². The smallest absolute Gasteiger partial charge is 0.264 e. The second-order valence-corrected chi connectivity index (χ2v) is 7.58. The Balaban J connectivity index is 1.73. The number of amidine groups is 1. The summed E-state index contributed by atoms with van der Waals surface area (Å²) in [5.74, 6) is 0.162. The fourth-order valence-corrected chi connectivity index (χ4v) is 3.92. The van der Waals surface area contributed by atoms with Crippen LogP contribution in [0.3, 0.4) is 0 Å². The summed E-state index contributed by atoms with van der Waals surface area (Å²) in [5.41, 5.74) is 12.9. The number of hydrogen-bond donors (Lipinski definition) is 3. The van der Waals surface area contributed by atoms with Crippen molar-refractivity contribution in [3.8, 4) is 0 Å². The molecule has 10 heteroatoms. The van der Waals surface area contributed by atoms with E-state index in [-0.39, 0.29) is 33.8 Å². The maximum atomic E-state index is 14.3. The quantitative estimate of drug-likeness (QED) is 0.431. The number of aryl methyl sites for hydroxylation is 1. The van der Waals surface area contributed by atoms with Gasteiger partial charge in [0.1, 0.15) is 22.7 Å². The number of nitrogen functional groups attached to an aromatic ring is 1. The minimum atomic E-state index is -0.510. The number of benzene rings is 1. The Morgan fingerprint density at radius 1 is 1.33 bits per heavy atom. The van der Waals surface area contributed by atoms with E-state index < -0.39 is 5.82 Å². The summed E-state index contributed by atoms with van der Waals surface area (Å²) >= 11 is 0. The van der Waals surface area contributed by atoms with Gasteiger partial charge in [-0.2, -0.15) is 5.10 Å². The summed E-state index contributed by atoms with van der Waals surface area (Å²) in [6.45, 7) is 1.61. The number of nitrogens with two attached hydrogens (primary N) is 2. The molecule has 3 aromatic rings. The van der Waals surface area contributed by atoms with E-state index in [2.05, 4.69) is 20.3 Å². The van der Waals surface area contributed by atoms with Crippen molar-refractivity contribution in [1.82, 2.24) is 19.7 Å².